The molecule has 0 N–H and O–H groups in total. The zero-order valence-electron chi connectivity index (χ0n) is 10.3. The van der Waals surface area contributed by atoms with E-state index in [9.17, 15) is 4.79 Å². The number of rotatable bonds is 8. The van der Waals surface area contributed by atoms with Crippen molar-refractivity contribution in [3.05, 3.63) is 11.8 Å². The number of carbonyl (C=O) groups is 1. The van der Waals surface area contributed by atoms with E-state index < -0.39 is 0 Å². The van der Waals surface area contributed by atoms with Crippen LogP contribution in [0, 0.1) is 0 Å². The molecule has 0 amide bonds. The van der Waals surface area contributed by atoms with Crippen LogP contribution in [-0.2, 0) is 8.37 Å². The van der Waals surface area contributed by atoms with Gasteiger partial charge in [0.25, 0.3) is 0 Å². The Labute approximate surface area is 114 Å². The van der Waals surface area contributed by atoms with E-state index >= 15 is 0 Å². The molecule has 1 heterocycles. The van der Waals surface area contributed by atoms with Gasteiger partial charge in [-0.3, -0.25) is 13.2 Å². The molecule has 0 aliphatic rings. The topological polar surface area (TPSA) is 70.5 Å². The Hall–Kier alpha value is -0.830. The molecule has 0 fully saturated rings. The molecule has 0 saturated heterocycles. The Balaban J connectivity index is 2.66. The van der Waals surface area contributed by atoms with Crippen LogP contribution in [0.2, 0.25) is 0 Å². The standard InChI is InChI=1S/C10H14N2O4S2/c1-4-15-18-16-6-8(13)7-5-11-10(17-3)12-9(7)14-2/h5H,4,6H2,1-3H3. The van der Waals surface area contributed by atoms with Crippen LogP contribution in [0.4, 0.5) is 0 Å². The maximum atomic E-state index is 11.8. The third-order valence-electron chi connectivity index (χ3n) is 1.81. The molecule has 0 radical (unpaired) electrons. The summed E-state index contributed by atoms with van der Waals surface area (Å²) >= 11 is 2.17. The minimum atomic E-state index is -0.258. The predicted molar refractivity (Wildman–Crippen MR) is 69.9 cm³/mol. The number of hydrogen-bond donors (Lipinski definition) is 0. The van der Waals surface area contributed by atoms with Gasteiger partial charge in [-0.2, -0.15) is 4.98 Å². The normalized spacial score (nSPS) is 10.4. The van der Waals surface area contributed by atoms with Crippen molar-refractivity contribution in [2.75, 3.05) is 26.6 Å². The third-order valence-corrected chi connectivity index (χ3v) is 2.92. The molecule has 1 aromatic rings. The lowest BCUT2D eigenvalue weighted by molar-refractivity contribution is 0.0923. The second-order valence-corrected chi connectivity index (χ2v) is 4.32. The summed E-state index contributed by atoms with van der Waals surface area (Å²) in [4.78, 5) is 19.9. The molecule has 0 saturated carbocycles. The van der Waals surface area contributed by atoms with Gasteiger partial charge in [-0.25, -0.2) is 4.98 Å². The van der Waals surface area contributed by atoms with Crippen molar-refractivity contribution in [2.45, 2.75) is 12.1 Å². The SMILES string of the molecule is CCOSOCC(=O)c1cnc(SC)nc1OC. The van der Waals surface area contributed by atoms with Crippen molar-refractivity contribution in [3.8, 4) is 5.88 Å². The first-order valence-electron chi connectivity index (χ1n) is 5.12. The van der Waals surface area contributed by atoms with E-state index in [1.807, 2.05) is 13.2 Å². The van der Waals surface area contributed by atoms with E-state index in [-0.39, 0.29) is 18.3 Å². The van der Waals surface area contributed by atoms with Crippen LogP contribution in [0.15, 0.2) is 11.4 Å². The molecule has 0 aliphatic carbocycles. The zero-order chi connectivity index (χ0) is 13.4. The van der Waals surface area contributed by atoms with E-state index in [0.717, 1.165) is 12.3 Å². The number of Topliss-reactive ketones (excluding diaryl/α,β-unsaturated/α-hetero) is 1. The lowest BCUT2D eigenvalue weighted by Crippen LogP contribution is -2.10. The number of nitrogens with zero attached hydrogens (tertiary/aromatic N) is 2. The Morgan fingerprint density at radius 3 is 2.83 bits per heavy atom. The molecule has 100 valence electrons. The van der Waals surface area contributed by atoms with Crippen LogP contribution in [0.25, 0.3) is 0 Å². The van der Waals surface area contributed by atoms with Gasteiger partial charge >= 0.3 is 0 Å². The lowest BCUT2D eigenvalue weighted by Gasteiger charge is -2.06. The van der Waals surface area contributed by atoms with E-state index in [4.69, 9.17) is 13.1 Å². The van der Waals surface area contributed by atoms with Crippen molar-refractivity contribution in [1.82, 2.24) is 9.97 Å². The molecule has 1 rings (SSSR count). The monoisotopic (exact) mass is 290 g/mol. The van der Waals surface area contributed by atoms with Crippen molar-refractivity contribution in [2.24, 2.45) is 0 Å². The number of carbonyl (C=O) groups excluding carboxylic acids is 1. The van der Waals surface area contributed by atoms with Crippen LogP contribution >= 0.6 is 24.1 Å². The fourth-order valence-corrected chi connectivity index (χ4v) is 1.69. The average Bonchev–Trinajstić information content (AvgIpc) is 2.42. The van der Waals surface area contributed by atoms with Crippen LogP contribution < -0.4 is 4.74 Å². The van der Waals surface area contributed by atoms with Gasteiger partial charge in [0.15, 0.2) is 23.3 Å². The van der Waals surface area contributed by atoms with Crippen LogP contribution in [0.5, 0.6) is 5.88 Å². The molecule has 18 heavy (non-hydrogen) atoms. The summed E-state index contributed by atoms with van der Waals surface area (Å²) in [5, 5.41) is 0.549. The van der Waals surface area contributed by atoms with Crippen LogP contribution in [-0.4, -0.2) is 42.3 Å². The number of aromatic nitrogens is 2. The molecule has 0 aliphatic heterocycles. The van der Waals surface area contributed by atoms with Crippen molar-refractivity contribution < 1.29 is 17.9 Å². The third kappa shape index (κ3) is 4.45. The maximum Gasteiger partial charge on any atom is 0.228 e. The summed E-state index contributed by atoms with van der Waals surface area (Å²) in [7, 11) is 1.46. The largest absolute Gasteiger partial charge is 0.480 e. The van der Waals surface area contributed by atoms with Crippen LogP contribution in [0.3, 0.4) is 0 Å². The Kier molecular flexibility index (Phi) is 7.02. The second kappa shape index (κ2) is 8.30. The van der Waals surface area contributed by atoms with Gasteiger partial charge in [0.05, 0.1) is 13.7 Å². The summed E-state index contributed by atoms with van der Waals surface area (Å²) < 4.78 is 14.9. The highest BCUT2D eigenvalue weighted by atomic mass is 32.2. The molecule has 1 aromatic heterocycles. The molecule has 0 bridgehead atoms. The quantitative estimate of drug-likeness (QED) is 0.237. The van der Waals surface area contributed by atoms with Crippen molar-refractivity contribution >= 4 is 29.9 Å². The second-order valence-electron chi connectivity index (χ2n) is 2.94. The van der Waals surface area contributed by atoms with Crippen LogP contribution in [0.1, 0.15) is 17.3 Å². The molecular formula is C10H14N2O4S2. The fraction of sp³-hybridized carbons (Fsp3) is 0.500. The summed E-state index contributed by atoms with van der Waals surface area (Å²) in [5.41, 5.74) is 0.299. The molecule has 6 nitrogen and oxygen atoms in total. The molecule has 8 heteroatoms. The fourth-order valence-electron chi connectivity index (χ4n) is 1.03. The average molecular weight is 290 g/mol. The molecule has 0 atom stereocenters. The Morgan fingerprint density at radius 2 is 2.22 bits per heavy atom. The first kappa shape index (κ1) is 15.2. The molecule has 0 unspecified atom stereocenters. The zero-order valence-corrected chi connectivity index (χ0v) is 12.0. The summed E-state index contributed by atoms with van der Waals surface area (Å²) in [5.74, 6) is -0.00364. The van der Waals surface area contributed by atoms with Gasteiger partial charge < -0.3 is 4.74 Å². The van der Waals surface area contributed by atoms with E-state index in [2.05, 4.69) is 9.97 Å². The first-order chi connectivity index (χ1) is 8.72. The number of ether oxygens (including phenoxy) is 1. The molecule has 0 aromatic carbocycles. The Bertz CT molecular complexity index is 403. The smallest absolute Gasteiger partial charge is 0.228 e. The number of ketones is 1. The first-order valence-corrected chi connectivity index (χ1v) is 7.01. The van der Waals surface area contributed by atoms with Crippen molar-refractivity contribution in [1.29, 1.82) is 0 Å². The van der Waals surface area contributed by atoms with Gasteiger partial charge in [-0.1, -0.05) is 11.8 Å². The summed E-state index contributed by atoms with van der Waals surface area (Å²) in [6, 6.07) is 0. The predicted octanol–water partition coefficient (Wildman–Crippen LogP) is 2.01. The summed E-state index contributed by atoms with van der Waals surface area (Å²) in [6.07, 6.45) is 3.28. The van der Waals surface area contributed by atoms with Gasteiger partial charge in [0, 0.05) is 6.20 Å². The maximum absolute atomic E-state index is 11.8. The highest BCUT2D eigenvalue weighted by Gasteiger charge is 2.15. The van der Waals surface area contributed by atoms with Gasteiger partial charge in [0.2, 0.25) is 5.88 Å². The van der Waals surface area contributed by atoms with Gasteiger partial charge in [-0.05, 0) is 13.2 Å². The molecule has 0 spiro atoms. The minimum Gasteiger partial charge on any atom is -0.480 e. The van der Waals surface area contributed by atoms with E-state index in [1.165, 1.54) is 25.1 Å². The summed E-state index contributed by atoms with van der Waals surface area (Å²) in [6.45, 7) is 2.22. The number of hydrogen-bond acceptors (Lipinski definition) is 8. The van der Waals surface area contributed by atoms with Gasteiger partial charge in [0.1, 0.15) is 12.2 Å². The minimum absolute atomic E-state index is 0.122. The number of methoxy groups -OCH3 is 1. The Morgan fingerprint density at radius 1 is 1.44 bits per heavy atom. The lowest BCUT2D eigenvalue weighted by atomic mass is 10.2. The molecular weight excluding hydrogens is 276 g/mol. The van der Waals surface area contributed by atoms with Gasteiger partial charge in [-0.15, -0.1) is 0 Å². The highest BCUT2D eigenvalue weighted by molar-refractivity contribution is 7.98. The highest BCUT2D eigenvalue weighted by Crippen LogP contribution is 2.19. The number of thioether (sulfide) groups is 1. The van der Waals surface area contributed by atoms with Crippen molar-refractivity contribution in [3.63, 3.8) is 0 Å². The van der Waals surface area contributed by atoms with E-state index in [1.54, 1.807) is 0 Å². The van der Waals surface area contributed by atoms with E-state index in [0.29, 0.717) is 17.3 Å².